The Labute approximate surface area is 146 Å². The molecule has 1 aromatic carbocycles. The zero-order valence-corrected chi connectivity index (χ0v) is 15.0. The topological polar surface area (TPSA) is 73.9 Å². The second-order valence-electron chi connectivity index (χ2n) is 4.52. The second-order valence-corrected chi connectivity index (χ2v) is 7.56. The van der Waals surface area contributed by atoms with Crippen molar-refractivity contribution in [1.29, 1.82) is 0 Å². The Kier molecular flexibility index (Phi) is 5.52. The fraction of sp³-hybridized carbons (Fsp3) is 0.286. The highest BCUT2D eigenvalue weighted by atomic mass is 32.2. The Balaban J connectivity index is 1.51. The van der Waals surface area contributed by atoms with Crippen LogP contribution in [0.25, 0.3) is 0 Å². The maximum Gasteiger partial charge on any atom is 0.277 e. The van der Waals surface area contributed by atoms with E-state index in [1.165, 1.54) is 11.8 Å². The molecule has 120 valence electrons. The number of aromatic nitrogens is 4. The molecular formula is C14H14N4O2S3. The number of nitrogens with zero attached hydrogens (tertiary/aromatic N) is 4. The molecule has 0 saturated carbocycles. The lowest BCUT2D eigenvalue weighted by molar-refractivity contribution is 0.252. The molecule has 3 aromatic rings. The third-order valence-corrected chi connectivity index (χ3v) is 5.65. The number of rotatable bonds is 7. The molecule has 0 spiro atoms. The van der Waals surface area contributed by atoms with Gasteiger partial charge < -0.3 is 9.15 Å². The number of ether oxygens (including phenoxy) is 1. The summed E-state index contributed by atoms with van der Waals surface area (Å²) in [4.78, 5) is 0. The highest BCUT2D eigenvalue weighted by Gasteiger charge is 2.10. The van der Waals surface area contributed by atoms with Crippen LogP contribution in [0.4, 0.5) is 0 Å². The first-order valence-corrected chi connectivity index (χ1v) is 9.76. The Bertz CT molecular complexity index is 775. The summed E-state index contributed by atoms with van der Waals surface area (Å²) in [6.45, 7) is 2.27. The molecule has 3 rings (SSSR count). The van der Waals surface area contributed by atoms with Crippen LogP contribution in [0.2, 0.25) is 0 Å². The standard InChI is InChI=1S/C14H14N4O2S3/c1-9-4-3-5-10(6-9)19-7-11-15-17-13(20-11)22-8-12-16-18-14(21-2)23-12/h3-6H,7-8H2,1-2H3. The SMILES string of the molecule is CSc1nnc(CSc2nnc(COc3cccc(C)c3)o2)s1. The zero-order valence-electron chi connectivity index (χ0n) is 12.6. The van der Waals surface area contributed by atoms with Gasteiger partial charge in [-0.25, -0.2) is 0 Å². The first kappa shape index (κ1) is 16.3. The van der Waals surface area contributed by atoms with E-state index >= 15 is 0 Å². The van der Waals surface area contributed by atoms with Gasteiger partial charge in [0, 0.05) is 0 Å². The smallest absolute Gasteiger partial charge is 0.277 e. The van der Waals surface area contributed by atoms with Crippen molar-refractivity contribution in [3.63, 3.8) is 0 Å². The van der Waals surface area contributed by atoms with Gasteiger partial charge in [-0.3, -0.25) is 0 Å². The van der Waals surface area contributed by atoms with Crippen LogP contribution in [0.15, 0.2) is 38.2 Å². The fourth-order valence-corrected chi connectivity index (χ4v) is 3.79. The van der Waals surface area contributed by atoms with E-state index in [9.17, 15) is 0 Å². The van der Waals surface area contributed by atoms with Crippen molar-refractivity contribution in [3.8, 4) is 5.75 Å². The molecule has 0 saturated heterocycles. The zero-order chi connectivity index (χ0) is 16.1. The number of benzene rings is 1. The van der Waals surface area contributed by atoms with Crippen molar-refractivity contribution in [2.24, 2.45) is 0 Å². The van der Waals surface area contributed by atoms with Crippen LogP contribution in [0.5, 0.6) is 5.75 Å². The van der Waals surface area contributed by atoms with Gasteiger partial charge in [-0.15, -0.1) is 20.4 Å². The highest BCUT2D eigenvalue weighted by Crippen LogP contribution is 2.26. The van der Waals surface area contributed by atoms with E-state index in [-0.39, 0.29) is 6.61 Å². The van der Waals surface area contributed by atoms with Gasteiger partial charge in [0.05, 0.1) is 5.75 Å². The lowest BCUT2D eigenvalue weighted by atomic mass is 10.2. The van der Waals surface area contributed by atoms with Gasteiger partial charge in [-0.1, -0.05) is 47.0 Å². The predicted molar refractivity (Wildman–Crippen MR) is 91.1 cm³/mol. The van der Waals surface area contributed by atoms with Crippen LogP contribution in [-0.2, 0) is 12.4 Å². The van der Waals surface area contributed by atoms with Crippen molar-refractivity contribution in [1.82, 2.24) is 20.4 Å². The summed E-state index contributed by atoms with van der Waals surface area (Å²) in [6.07, 6.45) is 1.98. The molecule has 0 fully saturated rings. The molecule has 2 heterocycles. The molecular weight excluding hydrogens is 352 g/mol. The van der Waals surface area contributed by atoms with E-state index in [0.717, 1.165) is 20.7 Å². The van der Waals surface area contributed by atoms with Crippen LogP contribution in [0.3, 0.4) is 0 Å². The van der Waals surface area contributed by atoms with E-state index in [1.54, 1.807) is 23.1 Å². The normalized spacial score (nSPS) is 10.9. The average Bonchev–Trinajstić information content (AvgIpc) is 3.20. The van der Waals surface area contributed by atoms with Gasteiger partial charge in [-0.05, 0) is 30.9 Å². The lowest BCUT2D eigenvalue weighted by Gasteiger charge is -2.03. The van der Waals surface area contributed by atoms with Crippen molar-refractivity contribution in [2.75, 3.05) is 6.26 Å². The summed E-state index contributed by atoms with van der Waals surface area (Å²) in [6, 6.07) is 7.83. The van der Waals surface area contributed by atoms with Gasteiger partial charge in [0.2, 0.25) is 0 Å². The van der Waals surface area contributed by atoms with Gasteiger partial charge in [-0.2, -0.15) is 0 Å². The van der Waals surface area contributed by atoms with Gasteiger partial charge >= 0.3 is 0 Å². The molecule has 2 aromatic heterocycles. The van der Waals surface area contributed by atoms with Gasteiger partial charge in [0.15, 0.2) is 10.9 Å². The molecule has 23 heavy (non-hydrogen) atoms. The van der Waals surface area contributed by atoms with Crippen molar-refractivity contribution in [3.05, 3.63) is 40.7 Å². The molecule has 0 bridgehead atoms. The molecule has 0 amide bonds. The first-order valence-electron chi connectivity index (χ1n) is 6.74. The molecule has 0 radical (unpaired) electrons. The molecule has 0 aliphatic rings. The summed E-state index contributed by atoms with van der Waals surface area (Å²) in [5.41, 5.74) is 1.14. The number of thioether (sulfide) groups is 2. The minimum Gasteiger partial charge on any atom is -0.484 e. The van der Waals surface area contributed by atoms with Crippen LogP contribution in [0.1, 0.15) is 16.5 Å². The monoisotopic (exact) mass is 366 g/mol. The lowest BCUT2D eigenvalue weighted by Crippen LogP contribution is -1.95. The number of hydrogen-bond donors (Lipinski definition) is 0. The van der Waals surface area contributed by atoms with Crippen molar-refractivity contribution >= 4 is 34.9 Å². The summed E-state index contributed by atoms with van der Waals surface area (Å²) in [7, 11) is 0. The van der Waals surface area contributed by atoms with Gasteiger partial charge in [0.1, 0.15) is 10.8 Å². The largest absolute Gasteiger partial charge is 0.484 e. The minimum absolute atomic E-state index is 0.256. The predicted octanol–water partition coefficient (Wildman–Crippen LogP) is 3.82. The fourth-order valence-electron chi connectivity index (χ4n) is 1.71. The Morgan fingerprint density at radius 2 is 2.13 bits per heavy atom. The van der Waals surface area contributed by atoms with E-state index in [2.05, 4.69) is 20.4 Å². The first-order chi connectivity index (χ1) is 11.2. The minimum atomic E-state index is 0.256. The van der Waals surface area contributed by atoms with Crippen molar-refractivity contribution in [2.45, 2.75) is 28.8 Å². The van der Waals surface area contributed by atoms with Crippen LogP contribution in [-0.4, -0.2) is 26.7 Å². The quantitative estimate of drug-likeness (QED) is 0.584. The molecule has 0 aliphatic carbocycles. The summed E-state index contributed by atoms with van der Waals surface area (Å²) in [5.74, 6) is 1.91. The second kappa shape index (κ2) is 7.80. The Morgan fingerprint density at radius 1 is 1.22 bits per heavy atom. The molecule has 0 aliphatic heterocycles. The van der Waals surface area contributed by atoms with E-state index in [4.69, 9.17) is 9.15 Å². The molecule has 0 N–H and O–H groups in total. The molecule has 0 unspecified atom stereocenters. The molecule has 9 heteroatoms. The summed E-state index contributed by atoms with van der Waals surface area (Å²) < 4.78 is 12.2. The molecule has 6 nitrogen and oxygen atoms in total. The average molecular weight is 366 g/mol. The number of aryl methyl sites for hydroxylation is 1. The summed E-state index contributed by atoms with van der Waals surface area (Å²) >= 11 is 4.61. The highest BCUT2D eigenvalue weighted by molar-refractivity contribution is 8.00. The van der Waals surface area contributed by atoms with E-state index < -0.39 is 0 Å². The van der Waals surface area contributed by atoms with E-state index in [0.29, 0.717) is 16.9 Å². The van der Waals surface area contributed by atoms with Crippen LogP contribution < -0.4 is 4.74 Å². The summed E-state index contributed by atoms with van der Waals surface area (Å²) in [5, 5.41) is 17.6. The van der Waals surface area contributed by atoms with E-state index in [1.807, 2.05) is 37.4 Å². The Morgan fingerprint density at radius 3 is 2.91 bits per heavy atom. The Hall–Kier alpha value is -1.58. The van der Waals surface area contributed by atoms with Crippen molar-refractivity contribution < 1.29 is 9.15 Å². The maximum atomic E-state index is 5.64. The maximum absolute atomic E-state index is 5.64. The molecule has 0 atom stereocenters. The third-order valence-electron chi connectivity index (χ3n) is 2.74. The third kappa shape index (κ3) is 4.69. The van der Waals surface area contributed by atoms with Crippen LogP contribution >= 0.6 is 34.9 Å². The number of hydrogen-bond acceptors (Lipinski definition) is 9. The van der Waals surface area contributed by atoms with Gasteiger partial charge in [0.25, 0.3) is 11.1 Å². The van der Waals surface area contributed by atoms with Crippen LogP contribution in [0, 0.1) is 6.92 Å².